The third-order valence-corrected chi connectivity index (χ3v) is 5.20. The van der Waals surface area contributed by atoms with Crippen molar-refractivity contribution >= 4 is 21.9 Å². The third kappa shape index (κ3) is 5.86. The summed E-state index contributed by atoms with van der Waals surface area (Å²) in [5.41, 5.74) is 0.196. The summed E-state index contributed by atoms with van der Waals surface area (Å²) in [6.45, 7) is 2.17. The summed E-state index contributed by atoms with van der Waals surface area (Å²) in [5.74, 6) is -1.70. The fourth-order valence-corrected chi connectivity index (χ4v) is 3.38. The lowest BCUT2D eigenvalue weighted by Crippen LogP contribution is -2.30. The maximum atomic E-state index is 13.5. The van der Waals surface area contributed by atoms with Crippen LogP contribution in [0.2, 0.25) is 0 Å². The van der Waals surface area contributed by atoms with Crippen LogP contribution in [0, 0.1) is 5.82 Å². The number of rotatable bonds is 9. The lowest BCUT2D eigenvalue weighted by Gasteiger charge is -2.09. The molecule has 9 heteroatoms. The second-order valence-corrected chi connectivity index (χ2v) is 7.50. The molecule has 2 aromatic carbocycles. The van der Waals surface area contributed by atoms with Crippen molar-refractivity contribution in [2.45, 2.75) is 18.2 Å². The van der Waals surface area contributed by atoms with Crippen molar-refractivity contribution in [1.82, 2.24) is 10.0 Å². The Morgan fingerprint density at radius 1 is 1.04 bits per heavy atom. The van der Waals surface area contributed by atoms with Crippen LogP contribution in [0.25, 0.3) is 0 Å². The first-order valence-corrected chi connectivity index (χ1v) is 10.1. The number of amides is 1. The van der Waals surface area contributed by atoms with Crippen LogP contribution in [0.1, 0.15) is 34.1 Å². The Kier molecular flexibility index (Phi) is 7.65. The molecule has 0 heterocycles. The highest BCUT2D eigenvalue weighted by Gasteiger charge is 2.15. The molecule has 2 N–H and O–H groups in total. The van der Waals surface area contributed by atoms with E-state index in [1.54, 1.807) is 13.0 Å². The number of carbonyl (C=O) groups is 2. The van der Waals surface area contributed by atoms with Crippen LogP contribution in [-0.4, -0.2) is 40.0 Å². The molecule has 0 aliphatic rings. The topological polar surface area (TPSA) is 102 Å². The van der Waals surface area contributed by atoms with Gasteiger partial charge in [0.05, 0.1) is 22.6 Å². The molecule has 0 atom stereocenters. The van der Waals surface area contributed by atoms with Crippen LogP contribution in [-0.2, 0) is 14.8 Å². The van der Waals surface area contributed by atoms with E-state index in [0.29, 0.717) is 6.42 Å². The van der Waals surface area contributed by atoms with Crippen molar-refractivity contribution in [3.05, 3.63) is 65.5 Å². The summed E-state index contributed by atoms with van der Waals surface area (Å²) < 4.78 is 45.2. The van der Waals surface area contributed by atoms with Crippen LogP contribution in [0.15, 0.2) is 53.4 Å². The van der Waals surface area contributed by atoms with Gasteiger partial charge in [-0.2, -0.15) is 0 Å². The number of carbonyl (C=O) groups excluding carboxylic acids is 2. The molecule has 1 amide bonds. The molecule has 2 rings (SSSR count). The molecule has 0 spiro atoms. The number of ether oxygens (including phenoxy) is 1. The van der Waals surface area contributed by atoms with Gasteiger partial charge in [-0.25, -0.2) is 22.3 Å². The first-order valence-electron chi connectivity index (χ1n) is 8.64. The summed E-state index contributed by atoms with van der Waals surface area (Å²) in [7, 11) is -3.75. The molecule has 150 valence electrons. The fourth-order valence-electron chi connectivity index (χ4n) is 2.31. The van der Waals surface area contributed by atoms with E-state index < -0.39 is 27.7 Å². The third-order valence-electron chi connectivity index (χ3n) is 3.73. The molecule has 0 bridgehead atoms. The van der Waals surface area contributed by atoms with Crippen molar-refractivity contribution in [3.8, 4) is 0 Å². The molecule has 0 aromatic heterocycles. The highest BCUT2D eigenvalue weighted by Crippen LogP contribution is 2.11. The van der Waals surface area contributed by atoms with E-state index in [0.717, 1.165) is 0 Å². The number of hydrogen-bond donors (Lipinski definition) is 2. The number of sulfonamides is 1. The molecule has 28 heavy (non-hydrogen) atoms. The number of nitrogens with one attached hydrogen (secondary N) is 2. The number of hydrogen-bond acceptors (Lipinski definition) is 5. The summed E-state index contributed by atoms with van der Waals surface area (Å²) in [4.78, 5) is 23.4. The molecule has 0 fully saturated rings. The zero-order valence-corrected chi connectivity index (χ0v) is 16.1. The van der Waals surface area contributed by atoms with Crippen molar-refractivity contribution in [2.75, 3.05) is 19.7 Å². The van der Waals surface area contributed by atoms with Gasteiger partial charge in [0.15, 0.2) is 0 Å². The maximum Gasteiger partial charge on any atom is 0.338 e. The van der Waals surface area contributed by atoms with Crippen LogP contribution in [0.4, 0.5) is 4.39 Å². The monoisotopic (exact) mass is 408 g/mol. The van der Waals surface area contributed by atoms with Gasteiger partial charge in [0, 0.05) is 13.1 Å². The second kappa shape index (κ2) is 9.95. The molecule has 0 aliphatic carbocycles. The standard InChI is InChI=1S/C19H21FN2O5S/c1-2-27-19(24)14-8-10-15(11-9-14)28(25,26)22-13-5-12-21-18(23)16-6-3-4-7-17(16)20/h3-4,6-11,22H,2,5,12-13H2,1H3,(H,21,23). The Labute approximate surface area is 163 Å². The number of halogens is 1. The van der Waals surface area contributed by atoms with E-state index in [2.05, 4.69) is 10.0 Å². The van der Waals surface area contributed by atoms with E-state index in [1.807, 2.05) is 0 Å². The smallest absolute Gasteiger partial charge is 0.338 e. The maximum absolute atomic E-state index is 13.5. The lowest BCUT2D eigenvalue weighted by atomic mass is 10.2. The molecule has 0 radical (unpaired) electrons. The lowest BCUT2D eigenvalue weighted by molar-refractivity contribution is 0.0526. The number of esters is 1. The predicted octanol–water partition coefficient (Wildman–Crippen LogP) is 2.10. The molecule has 7 nitrogen and oxygen atoms in total. The highest BCUT2D eigenvalue weighted by atomic mass is 32.2. The van der Waals surface area contributed by atoms with Crippen molar-refractivity contribution in [2.24, 2.45) is 0 Å². The van der Waals surface area contributed by atoms with E-state index >= 15 is 0 Å². The first-order chi connectivity index (χ1) is 13.3. The minimum atomic E-state index is -3.75. The average Bonchev–Trinajstić information content (AvgIpc) is 2.68. The molecule has 0 unspecified atom stereocenters. The van der Waals surface area contributed by atoms with E-state index in [-0.39, 0.29) is 35.7 Å². The first kappa shape index (κ1) is 21.5. The van der Waals surface area contributed by atoms with E-state index in [1.165, 1.54) is 42.5 Å². The molecule has 2 aromatic rings. The van der Waals surface area contributed by atoms with Gasteiger partial charge in [-0.15, -0.1) is 0 Å². The van der Waals surface area contributed by atoms with Crippen LogP contribution < -0.4 is 10.0 Å². The Bertz CT molecular complexity index is 930. The van der Waals surface area contributed by atoms with Crippen molar-refractivity contribution < 1.29 is 27.1 Å². The van der Waals surface area contributed by atoms with Gasteiger partial charge in [0.1, 0.15) is 5.82 Å². The fraction of sp³-hybridized carbons (Fsp3) is 0.263. The average molecular weight is 408 g/mol. The highest BCUT2D eigenvalue weighted by molar-refractivity contribution is 7.89. The Morgan fingerprint density at radius 3 is 2.36 bits per heavy atom. The van der Waals surface area contributed by atoms with Gasteiger partial charge in [-0.3, -0.25) is 4.79 Å². The van der Waals surface area contributed by atoms with Crippen molar-refractivity contribution in [1.29, 1.82) is 0 Å². The van der Waals surface area contributed by atoms with Gasteiger partial charge in [-0.05, 0) is 49.7 Å². The molecular weight excluding hydrogens is 387 g/mol. The molecule has 0 saturated heterocycles. The Hall–Kier alpha value is -2.78. The summed E-state index contributed by atoms with van der Waals surface area (Å²) in [6.07, 6.45) is 0.320. The SMILES string of the molecule is CCOC(=O)c1ccc(S(=O)(=O)NCCCNC(=O)c2ccccc2F)cc1. The minimum Gasteiger partial charge on any atom is -0.462 e. The molecule has 0 aliphatic heterocycles. The van der Waals surface area contributed by atoms with Gasteiger partial charge >= 0.3 is 5.97 Å². The van der Waals surface area contributed by atoms with Crippen LogP contribution >= 0.6 is 0 Å². The summed E-state index contributed by atoms with van der Waals surface area (Å²) in [5, 5.41) is 2.53. The zero-order chi connectivity index (χ0) is 20.6. The summed E-state index contributed by atoms with van der Waals surface area (Å²) in [6, 6.07) is 11.0. The van der Waals surface area contributed by atoms with Gasteiger partial charge in [0.2, 0.25) is 10.0 Å². The van der Waals surface area contributed by atoms with Crippen LogP contribution in [0.3, 0.4) is 0 Å². The van der Waals surface area contributed by atoms with E-state index in [4.69, 9.17) is 4.74 Å². The van der Waals surface area contributed by atoms with Gasteiger partial charge < -0.3 is 10.1 Å². The normalized spacial score (nSPS) is 11.1. The predicted molar refractivity (Wildman–Crippen MR) is 101 cm³/mol. The largest absolute Gasteiger partial charge is 0.462 e. The molecule has 0 saturated carbocycles. The second-order valence-electron chi connectivity index (χ2n) is 5.73. The van der Waals surface area contributed by atoms with Crippen LogP contribution in [0.5, 0.6) is 0 Å². The van der Waals surface area contributed by atoms with Gasteiger partial charge in [0.25, 0.3) is 5.91 Å². The number of benzene rings is 2. The zero-order valence-electron chi connectivity index (χ0n) is 15.3. The van der Waals surface area contributed by atoms with Gasteiger partial charge in [-0.1, -0.05) is 12.1 Å². The Morgan fingerprint density at radius 2 is 1.71 bits per heavy atom. The minimum absolute atomic E-state index is 0.0101. The Balaban J connectivity index is 1.81. The van der Waals surface area contributed by atoms with Crippen molar-refractivity contribution in [3.63, 3.8) is 0 Å². The summed E-state index contributed by atoms with van der Waals surface area (Å²) >= 11 is 0. The van der Waals surface area contributed by atoms with E-state index in [9.17, 15) is 22.4 Å². The molecular formula is C19H21FN2O5S. The quantitative estimate of drug-likeness (QED) is 0.489.